The maximum Gasteiger partial charge on any atom is 0.272 e. The molecule has 2 N–H and O–H groups in total. The quantitative estimate of drug-likeness (QED) is 0.883. The number of carbonyl (C=O) groups excluding carboxylic acids is 1. The predicted octanol–water partition coefficient (Wildman–Crippen LogP) is 2.57. The van der Waals surface area contributed by atoms with Gasteiger partial charge in [0.05, 0.1) is 5.75 Å². The summed E-state index contributed by atoms with van der Waals surface area (Å²) in [7, 11) is -3.10. The molecule has 0 aliphatic carbocycles. The van der Waals surface area contributed by atoms with E-state index in [0.29, 0.717) is 16.9 Å². The highest BCUT2D eigenvalue weighted by Crippen LogP contribution is 2.15. The highest BCUT2D eigenvalue weighted by atomic mass is 79.9. The van der Waals surface area contributed by atoms with E-state index in [4.69, 9.17) is 0 Å². The van der Waals surface area contributed by atoms with Crippen molar-refractivity contribution >= 4 is 37.4 Å². The van der Waals surface area contributed by atoms with Crippen LogP contribution in [0.2, 0.25) is 0 Å². The molecule has 20 heavy (non-hydrogen) atoms. The van der Waals surface area contributed by atoms with Crippen LogP contribution in [0, 0.1) is 0 Å². The first-order chi connectivity index (χ1) is 9.33. The van der Waals surface area contributed by atoms with E-state index in [0.717, 1.165) is 4.47 Å². The van der Waals surface area contributed by atoms with Crippen molar-refractivity contribution in [2.24, 2.45) is 0 Å². The summed E-state index contributed by atoms with van der Waals surface area (Å²) in [6.07, 6.45) is 2.84. The lowest BCUT2D eigenvalue weighted by molar-refractivity contribution is 0.102. The Labute approximate surface area is 125 Å². The zero-order valence-corrected chi connectivity index (χ0v) is 13.1. The summed E-state index contributed by atoms with van der Waals surface area (Å²) in [4.78, 5) is 14.8. The van der Waals surface area contributed by atoms with Gasteiger partial charge in [-0.2, -0.15) is 0 Å². The SMILES string of the molecule is CS(=O)(=O)Cc1cccc(NC(=O)c2cc(Br)c[nH]2)c1. The van der Waals surface area contributed by atoms with Crippen LogP contribution in [0.1, 0.15) is 16.1 Å². The van der Waals surface area contributed by atoms with Crippen LogP contribution >= 0.6 is 15.9 Å². The minimum absolute atomic E-state index is 0.0508. The number of hydrogen-bond donors (Lipinski definition) is 2. The first kappa shape index (κ1) is 14.8. The molecule has 2 rings (SSSR count). The number of sulfone groups is 1. The molecule has 0 aliphatic heterocycles. The topological polar surface area (TPSA) is 79.0 Å². The fraction of sp³-hybridized carbons (Fsp3) is 0.154. The molecule has 0 radical (unpaired) electrons. The number of halogens is 1. The van der Waals surface area contributed by atoms with Crippen molar-refractivity contribution in [1.29, 1.82) is 0 Å². The standard InChI is InChI=1S/C13H13BrN2O3S/c1-20(18,19)8-9-3-2-4-11(5-9)16-13(17)12-6-10(14)7-15-12/h2-7,15H,8H2,1H3,(H,16,17). The Morgan fingerprint density at radius 3 is 2.70 bits per heavy atom. The van der Waals surface area contributed by atoms with Gasteiger partial charge in [-0.05, 0) is 39.7 Å². The van der Waals surface area contributed by atoms with E-state index in [9.17, 15) is 13.2 Å². The van der Waals surface area contributed by atoms with Crippen LogP contribution in [0.3, 0.4) is 0 Å². The average Bonchev–Trinajstić information content (AvgIpc) is 2.74. The van der Waals surface area contributed by atoms with E-state index < -0.39 is 9.84 Å². The maximum atomic E-state index is 11.9. The second-order valence-corrected chi connectivity index (χ2v) is 7.51. The first-order valence-electron chi connectivity index (χ1n) is 5.75. The monoisotopic (exact) mass is 356 g/mol. The lowest BCUT2D eigenvalue weighted by atomic mass is 10.2. The second kappa shape index (κ2) is 5.80. The molecule has 1 heterocycles. The summed E-state index contributed by atoms with van der Waals surface area (Å²) in [6.45, 7) is 0. The van der Waals surface area contributed by atoms with Crippen LogP contribution in [0.25, 0.3) is 0 Å². The molecule has 0 fully saturated rings. The second-order valence-electron chi connectivity index (χ2n) is 4.46. The van der Waals surface area contributed by atoms with Crippen molar-refractivity contribution in [3.8, 4) is 0 Å². The van der Waals surface area contributed by atoms with E-state index >= 15 is 0 Å². The summed E-state index contributed by atoms with van der Waals surface area (Å²) in [5, 5.41) is 2.71. The van der Waals surface area contributed by atoms with E-state index in [2.05, 4.69) is 26.2 Å². The summed E-state index contributed by atoms with van der Waals surface area (Å²) >= 11 is 3.25. The normalized spacial score (nSPS) is 11.3. The van der Waals surface area contributed by atoms with Gasteiger partial charge >= 0.3 is 0 Å². The van der Waals surface area contributed by atoms with Crippen molar-refractivity contribution in [2.75, 3.05) is 11.6 Å². The average molecular weight is 357 g/mol. The van der Waals surface area contributed by atoms with Crippen LogP contribution in [0.15, 0.2) is 41.0 Å². The molecule has 2 aromatic rings. The molecule has 0 bridgehead atoms. The molecule has 0 unspecified atom stereocenters. The number of aromatic amines is 1. The van der Waals surface area contributed by atoms with Crippen LogP contribution in [0.5, 0.6) is 0 Å². The van der Waals surface area contributed by atoms with Gasteiger partial charge in [0.1, 0.15) is 5.69 Å². The fourth-order valence-electron chi connectivity index (χ4n) is 1.74. The van der Waals surface area contributed by atoms with E-state index in [1.807, 2.05) is 0 Å². The molecule has 1 amide bonds. The Morgan fingerprint density at radius 1 is 1.35 bits per heavy atom. The summed E-state index contributed by atoms with van der Waals surface area (Å²) < 4.78 is 23.3. The number of anilines is 1. The van der Waals surface area contributed by atoms with Crippen molar-refractivity contribution in [2.45, 2.75) is 5.75 Å². The molecular formula is C13H13BrN2O3S. The third kappa shape index (κ3) is 4.21. The number of hydrogen-bond acceptors (Lipinski definition) is 3. The number of H-pyrrole nitrogens is 1. The number of amides is 1. The number of carbonyl (C=O) groups is 1. The molecule has 1 aromatic heterocycles. The minimum atomic E-state index is -3.10. The lowest BCUT2D eigenvalue weighted by Gasteiger charge is -2.06. The minimum Gasteiger partial charge on any atom is -0.356 e. The largest absolute Gasteiger partial charge is 0.356 e. The van der Waals surface area contributed by atoms with Crippen molar-refractivity contribution in [1.82, 2.24) is 4.98 Å². The summed E-state index contributed by atoms with van der Waals surface area (Å²) in [6, 6.07) is 8.44. The van der Waals surface area contributed by atoms with Crippen LogP contribution in [-0.4, -0.2) is 25.6 Å². The Bertz CT molecular complexity index is 738. The Morgan fingerprint density at radius 2 is 2.10 bits per heavy atom. The molecular weight excluding hydrogens is 344 g/mol. The molecule has 0 saturated heterocycles. The third-order valence-corrected chi connectivity index (χ3v) is 3.82. The van der Waals surface area contributed by atoms with Crippen molar-refractivity contribution in [3.05, 3.63) is 52.3 Å². The Balaban J connectivity index is 2.14. The third-order valence-electron chi connectivity index (χ3n) is 2.51. The van der Waals surface area contributed by atoms with Crippen molar-refractivity contribution < 1.29 is 13.2 Å². The van der Waals surface area contributed by atoms with Crippen LogP contribution in [0.4, 0.5) is 5.69 Å². The van der Waals surface area contributed by atoms with Gasteiger partial charge in [-0.3, -0.25) is 4.79 Å². The van der Waals surface area contributed by atoms with Crippen molar-refractivity contribution in [3.63, 3.8) is 0 Å². The van der Waals surface area contributed by atoms with Crippen LogP contribution in [-0.2, 0) is 15.6 Å². The van der Waals surface area contributed by atoms with Gasteiger partial charge in [0.25, 0.3) is 5.91 Å². The molecule has 5 nitrogen and oxygen atoms in total. The Kier molecular flexibility index (Phi) is 4.29. The van der Waals surface area contributed by atoms with E-state index in [1.54, 1.807) is 36.5 Å². The van der Waals surface area contributed by atoms with Gasteiger partial charge in [-0.1, -0.05) is 12.1 Å². The highest BCUT2D eigenvalue weighted by Gasteiger charge is 2.09. The smallest absolute Gasteiger partial charge is 0.272 e. The Hall–Kier alpha value is -1.60. The van der Waals surface area contributed by atoms with E-state index in [1.165, 1.54) is 6.26 Å². The number of rotatable bonds is 4. The number of nitrogens with one attached hydrogen (secondary N) is 2. The van der Waals surface area contributed by atoms with Gasteiger partial charge in [0.15, 0.2) is 9.84 Å². The fourth-order valence-corrected chi connectivity index (χ4v) is 2.87. The van der Waals surface area contributed by atoms with Gasteiger partial charge in [-0.15, -0.1) is 0 Å². The number of aromatic nitrogens is 1. The molecule has 0 spiro atoms. The van der Waals surface area contributed by atoms with Gasteiger partial charge in [-0.25, -0.2) is 8.42 Å². The molecule has 0 aliphatic rings. The maximum absolute atomic E-state index is 11.9. The molecule has 0 saturated carbocycles. The highest BCUT2D eigenvalue weighted by molar-refractivity contribution is 9.10. The molecule has 1 aromatic carbocycles. The zero-order valence-electron chi connectivity index (χ0n) is 10.7. The molecule has 0 atom stereocenters. The van der Waals surface area contributed by atoms with E-state index in [-0.39, 0.29) is 11.7 Å². The molecule has 7 heteroatoms. The summed E-state index contributed by atoms with van der Waals surface area (Å²) in [5.41, 5.74) is 1.62. The number of benzene rings is 1. The molecule has 106 valence electrons. The summed E-state index contributed by atoms with van der Waals surface area (Å²) in [5.74, 6) is -0.336. The zero-order chi connectivity index (χ0) is 14.8. The van der Waals surface area contributed by atoms with Gasteiger partial charge in [0, 0.05) is 22.6 Å². The van der Waals surface area contributed by atoms with Gasteiger partial charge in [0.2, 0.25) is 0 Å². The van der Waals surface area contributed by atoms with Crippen LogP contribution < -0.4 is 5.32 Å². The van der Waals surface area contributed by atoms with Gasteiger partial charge < -0.3 is 10.3 Å². The lowest BCUT2D eigenvalue weighted by Crippen LogP contribution is -2.12. The first-order valence-corrected chi connectivity index (χ1v) is 8.61. The predicted molar refractivity (Wildman–Crippen MR) is 81.4 cm³/mol.